The molecule has 1 saturated heterocycles. The number of alkyl halides is 1. The maximum Gasteiger partial charge on any atom is 0.137 e. The molecule has 0 radical (unpaired) electrons. The predicted octanol–water partition coefficient (Wildman–Crippen LogP) is 3.40. The van der Waals surface area contributed by atoms with E-state index in [1.807, 2.05) is 12.1 Å². The van der Waals surface area contributed by atoms with E-state index in [0.717, 1.165) is 31.6 Å². The van der Waals surface area contributed by atoms with Crippen LogP contribution in [-0.2, 0) is 6.54 Å². The highest BCUT2D eigenvalue weighted by molar-refractivity contribution is 9.10. The molecule has 0 aromatic heterocycles. The molecule has 1 nitrogen and oxygen atoms in total. The fraction of sp³-hybridized carbons (Fsp3) is 0.455. The van der Waals surface area contributed by atoms with Gasteiger partial charge in [-0.1, -0.05) is 6.07 Å². The van der Waals surface area contributed by atoms with Crippen molar-refractivity contribution in [3.05, 3.63) is 34.1 Å². The van der Waals surface area contributed by atoms with Crippen molar-refractivity contribution in [2.24, 2.45) is 0 Å². The van der Waals surface area contributed by atoms with Gasteiger partial charge in [-0.3, -0.25) is 4.90 Å². The van der Waals surface area contributed by atoms with Gasteiger partial charge in [0.1, 0.15) is 5.82 Å². The first-order valence-corrected chi connectivity index (χ1v) is 6.18. The summed E-state index contributed by atoms with van der Waals surface area (Å²) in [6.07, 6.45) is 1.05. The van der Waals surface area contributed by atoms with Crippen LogP contribution in [0.5, 0.6) is 0 Å². The topological polar surface area (TPSA) is 3.24 Å². The van der Waals surface area contributed by atoms with Crippen molar-refractivity contribution in [3.8, 4) is 0 Å². The molecule has 0 saturated carbocycles. The highest BCUT2D eigenvalue weighted by atomic mass is 79.9. The van der Waals surface area contributed by atoms with E-state index >= 15 is 0 Å². The highest BCUT2D eigenvalue weighted by Crippen LogP contribution is 2.21. The molecule has 0 bridgehead atoms. The van der Waals surface area contributed by atoms with Crippen molar-refractivity contribution in [2.45, 2.75) is 18.3 Å². The minimum atomic E-state index is -0.213. The number of hydrogen-bond acceptors (Lipinski definition) is 1. The molecule has 15 heavy (non-hydrogen) atoms. The third-order valence-electron chi connectivity index (χ3n) is 2.61. The van der Waals surface area contributed by atoms with Crippen molar-refractivity contribution in [1.82, 2.24) is 4.90 Å². The Labute approximate surface area is 102 Å². The quantitative estimate of drug-likeness (QED) is 0.755. The molecule has 1 aromatic carbocycles. The second-order valence-electron chi connectivity index (χ2n) is 3.87. The molecule has 0 spiro atoms. The van der Waals surface area contributed by atoms with Crippen molar-refractivity contribution in [2.75, 3.05) is 13.1 Å². The molecular formula is C11H12BrClFN. The molecule has 1 unspecified atom stereocenters. The fourth-order valence-electron chi connectivity index (χ4n) is 1.83. The number of hydrogen-bond donors (Lipinski definition) is 0. The molecule has 1 aliphatic heterocycles. The number of nitrogens with zero attached hydrogens (tertiary/aromatic N) is 1. The number of rotatable bonds is 2. The summed E-state index contributed by atoms with van der Waals surface area (Å²) in [7, 11) is 0. The Bertz CT molecular complexity index is 358. The normalized spacial score (nSPS) is 22.2. The van der Waals surface area contributed by atoms with Gasteiger partial charge in [-0.15, -0.1) is 11.6 Å². The molecule has 1 fully saturated rings. The maximum atomic E-state index is 13.0. The van der Waals surface area contributed by atoms with E-state index in [0.29, 0.717) is 4.47 Å². The first-order chi connectivity index (χ1) is 7.15. The van der Waals surface area contributed by atoms with Crippen LogP contribution in [0.2, 0.25) is 0 Å². The van der Waals surface area contributed by atoms with E-state index in [9.17, 15) is 4.39 Å². The summed E-state index contributed by atoms with van der Waals surface area (Å²) in [5.74, 6) is -0.213. The predicted molar refractivity (Wildman–Crippen MR) is 63.6 cm³/mol. The minimum Gasteiger partial charge on any atom is -0.298 e. The van der Waals surface area contributed by atoms with Gasteiger partial charge in [0, 0.05) is 18.5 Å². The van der Waals surface area contributed by atoms with E-state index in [4.69, 9.17) is 11.6 Å². The molecule has 4 heteroatoms. The number of benzene rings is 1. The Morgan fingerprint density at radius 3 is 2.93 bits per heavy atom. The van der Waals surface area contributed by atoms with Gasteiger partial charge in [-0.2, -0.15) is 0 Å². The number of halogens is 3. The summed E-state index contributed by atoms with van der Waals surface area (Å²) in [4.78, 5) is 2.29. The van der Waals surface area contributed by atoms with Crippen LogP contribution >= 0.6 is 27.5 Å². The minimum absolute atomic E-state index is 0.213. The third kappa shape index (κ3) is 2.92. The molecule has 2 rings (SSSR count). The van der Waals surface area contributed by atoms with E-state index in [1.165, 1.54) is 6.07 Å². The van der Waals surface area contributed by atoms with Gasteiger partial charge in [0.25, 0.3) is 0 Å². The fourth-order valence-corrected chi connectivity index (χ4v) is 2.54. The van der Waals surface area contributed by atoms with Gasteiger partial charge in [0.05, 0.1) is 4.47 Å². The lowest BCUT2D eigenvalue weighted by molar-refractivity contribution is 0.332. The Kier molecular flexibility index (Phi) is 3.65. The molecule has 0 aliphatic carbocycles. The van der Waals surface area contributed by atoms with E-state index in [2.05, 4.69) is 20.8 Å². The second-order valence-corrected chi connectivity index (χ2v) is 5.34. The molecule has 1 aliphatic rings. The molecule has 1 heterocycles. The summed E-state index contributed by atoms with van der Waals surface area (Å²) in [6, 6.07) is 5.15. The Morgan fingerprint density at radius 1 is 1.53 bits per heavy atom. The molecule has 1 aromatic rings. The van der Waals surface area contributed by atoms with Crippen LogP contribution in [0.25, 0.3) is 0 Å². The lowest BCUT2D eigenvalue weighted by Crippen LogP contribution is -2.20. The monoisotopic (exact) mass is 291 g/mol. The summed E-state index contributed by atoms with van der Waals surface area (Å²) in [5.41, 5.74) is 1.12. The van der Waals surface area contributed by atoms with Crippen molar-refractivity contribution < 1.29 is 4.39 Å². The van der Waals surface area contributed by atoms with Crippen LogP contribution in [0, 0.1) is 5.82 Å². The van der Waals surface area contributed by atoms with Crippen molar-refractivity contribution in [3.63, 3.8) is 0 Å². The van der Waals surface area contributed by atoms with E-state index < -0.39 is 0 Å². The van der Waals surface area contributed by atoms with Crippen molar-refractivity contribution in [1.29, 1.82) is 0 Å². The van der Waals surface area contributed by atoms with Gasteiger partial charge < -0.3 is 0 Å². The summed E-state index contributed by atoms with van der Waals surface area (Å²) in [6.45, 7) is 2.81. The Morgan fingerprint density at radius 2 is 2.33 bits per heavy atom. The zero-order chi connectivity index (χ0) is 10.8. The van der Waals surface area contributed by atoms with E-state index in [1.54, 1.807) is 0 Å². The zero-order valence-electron chi connectivity index (χ0n) is 8.22. The standard InChI is InChI=1S/C11H12BrClFN/c12-10-5-8(1-2-11(10)14)6-15-4-3-9(13)7-15/h1-2,5,9H,3-4,6-7H2. The average Bonchev–Trinajstić information content (AvgIpc) is 2.58. The highest BCUT2D eigenvalue weighted by Gasteiger charge is 2.20. The smallest absolute Gasteiger partial charge is 0.137 e. The van der Waals surface area contributed by atoms with Crippen LogP contribution in [0.4, 0.5) is 4.39 Å². The SMILES string of the molecule is Fc1ccc(CN2CCC(Cl)C2)cc1Br. The van der Waals surface area contributed by atoms with Gasteiger partial charge >= 0.3 is 0 Å². The Hall–Kier alpha value is -0.120. The Balaban J connectivity index is 2.02. The summed E-state index contributed by atoms with van der Waals surface area (Å²) < 4.78 is 13.5. The van der Waals surface area contributed by atoms with E-state index in [-0.39, 0.29) is 11.2 Å². The molecule has 82 valence electrons. The van der Waals surface area contributed by atoms with Crippen LogP contribution in [-0.4, -0.2) is 23.4 Å². The van der Waals surface area contributed by atoms with Crippen molar-refractivity contribution >= 4 is 27.5 Å². The molecule has 1 atom stereocenters. The number of likely N-dealkylation sites (tertiary alicyclic amines) is 1. The van der Waals surface area contributed by atoms with Gasteiger partial charge in [-0.05, 0) is 46.6 Å². The zero-order valence-corrected chi connectivity index (χ0v) is 10.6. The third-order valence-corrected chi connectivity index (χ3v) is 3.57. The largest absolute Gasteiger partial charge is 0.298 e. The van der Waals surface area contributed by atoms with Crippen LogP contribution in [0.1, 0.15) is 12.0 Å². The maximum absolute atomic E-state index is 13.0. The van der Waals surface area contributed by atoms with Gasteiger partial charge in [0.2, 0.25) is 0 Å². The van der Waals surface area contributed by atoms with Crippen LogP contribution in [0.15, 0.2) is 22.7 Å². The van der Waals surface area contributed by atoms with Gasteiger partial charge in [0.15, 0.2) is 0 Å². The molecule has 0 N–H and O–H groups in total. The lowest BCUT2D eigenvalue weighted by atomic mass is 10.2. The average molecular weight is 293 g/mol. The summed E-state index contributed by atoms with van der Waals surface area (Å²) >= 11 is 9.21. The first-order valence-electron chi connectivity index (χ1n) is 4.95. The lowest BCUT2D eigenvalue weighted by Gasteiger charge is -2.14. The summed E-state index contributed by atoms with van der Waals surface area (Å²) in [5, 5.41) is 0.272. The first kappa shape index (κ1) is 11.4. The molecule has 0 amide bonds. The molecular weight excluding hydrogens is 280 g/mol. The van der Waals surface area contributed by atoms with Crippen LogP contribution < -0.4 is 0 Å². The van der Waals surface area contributed by atoms with Gasteiger partial charge in [-0.25, -0.2) is 4.39 Å². The second kappa shape index (κ2) is 4.81. The van der Waals surface area contributed by atoms with Crippen LogP contribution in [0.3, 0.4) is 0 Å².